The minimum atomic E-state index is -0.158. The lowest BCUT2D eigenvalue weighted by Crippen LogP contribution is -2.30. The van der Waals surface area contributed by atoms with Gasteiger partial charge in [-0.3, -0.25) is 0 Å². The van der Waals surface area contributed by atoms with Gasteiger partial charge >= 0.3 is 6.03 Å². The zero-order valence-electron chi connectivity index (χ0n) is 11.9. The Bertz CT molecular complexity index is 389. The van der Waals surface area contributed by atoms with Crippen LogP contribution in [-0.4, -0.2) is 25.3 Å². The van der Waals surface area contributed by atoms with Crippen LogP contribution in [0.4, 0.5) is 10.5 Å². The number of carbonyl (C=O) groups is 1. The van der Waals surface area contributed by atoms with E-state index in [1.165, 1.54) is 32.1 Å². The van der Waals surface area contributed by atoms with Crippen molar-refractivity contribution in [1.82, 2.24) is 5.32 Å². The summed E-state index contributed by atoms with van der Waals surface area (Å²) in [6.45, 7) is 1.38. The summed E-state index contributed by atoms with van der Waals surface area (Å²) in [5, 5.41) is 5.63. The molecule has 0 spiro atoms. The Balaban J connectivity index is 1.51. The average molecular weight is 276 g/mol. The number of ether oxygens (including phenoxy) is 1. The second kappa shape index (κ2) is 8.59. The van der Waals surface area contributed by atoms with Crippen molar-refractivity contribution in [3.8, 4) is 0 Å². The lowest BCUT2D eigenvalue weighted by Gasteiger charge is -2.21. The van der Waals surface area contributed by atoms with Gasteiger partial charge in [0.2, 0.25) is 0 Å². The molecule has 0 saturated heterocycles. The Morgan fingerprint density at radius 1 is 1.15 bits per heavy atom. The molecule has 0 unspecified atom stereocenters. The summed E-state index contributed by atoms with van der Waals surface area (Å²) in [5.74, 6) is 0. The molecule has 1 aromatic carbocycles. The first-order valence-electron chi connectivity index (χ1n) is 7.56. The van der Waals surface area contributed by atoms with Gasteiger partial charge < -0.3 is 15.4 Å². The molecule has 1 fully saturated rings. The van der Waals surface area contributed by atoms with E-state index in [9.17, 15) is 4.79 Å². The van der Waals surface area contributed by atoms with Gasteiger partial charge in [0.05, 0.1) is 6.10 Å². The van der Waals surface area contributed by atoms with Crippen LogP contribution in [0.15, 0.2) is 30.3 Å². The first-order chi connectivity index (χ1) is 9.84. The number of para-hydroxylation sites is 1. The lowest BCUT2D eigenvalue weighted by molar-refractivity contribution is 0.0276. The fraction of sp³-hybridized carbons (Fsp3) is 0.562. The van der Waals surface area contributed by atoms with Crippen LogP contribution < -0.4 is 10.6 Å². The van der Waals surface area contributed by atoms with Gasteiger partial charge in [0.1, 0.15) is 0 Å². The highest BCUT2D eigenvalue weighted by atomic mass is 16.5. The van der Waals surface area contributed by atoms with Gasteiger partial charge in [-0.05, 0) is 31.4 Å². The third-order valence-corrected chi connectivity index (χ3v) is 3.54. The van der Waals surface area contributed by atoms with E-state index in [0.717, 1.165) is 18.7 Å². The van der Waals surface area contributed by atoms with E-state index in [1.807, 2.05) is 30.3 Å². The second-order valence-corrected chi connectivity index (χ2v) is 5.23. The van der Waals surface area contributed by atoms with Crippen molar-refractivity contribution >= 4 is 11.7 Å². The van der Waals surface area contributed by atoms with Crippen molar-refractivity contribution in [2.24, 2.45) is 0 Å². The van der Waals surface area contributed by atoms with Crippen molar-refractivity contribution in [2.45, 2.75) is 44.6 Å². The van der Waals surface area contributed by atoms with Crippen molar-refractivity contribution in [1.29, 1.82) is 0 Å². The molecule has 0 bridgehead atoms. The predicted molar refractivity (Wildman–Crippen MR) is 80.9 cm³/mol. The summed E-state index contributed by atoms with van der Waals surface area (Å²) >= 11 is 0. The van der Waals surface area contributed by atoms with Gasteiger partial charge in [0, 0.05) is 18.8 Å². The van der Waals surface area contributed by atoms with E-state index in [2.05, 4.69) is 10.6 Å². The predicted octanol–water partition coefficient (Wildman–Crippen LogP) is 3.55. The number of benzene rings is 1. The number of hydrogen-bond donors (Lipinski definition) is 2. The Morgan fingerprint density at radius 2 is 1.90 bits per heavy atom. The monoisotopic (exact) mass is 276 g/mol. The molecule has 110 valence electrons. The maximum Gasteiger partial charge on any atom is 0.319 e. The molecule has 1 aromatic rings. The maximum atomic E-state index is 11.6. The molecular formula is C16H24N2O2. The zero-order chi connectivity index (χ0) is 14.0. The Morgan fingerprint density at radius 3 is 2.65 bits per heavy atom. The van der Waals surface area contributed by atoms with E-state index >= 15 is 0 Å². The van der Waals surface area contributed by atoms with Crippen molar-refractivity contribution < 1.29 is 9.53 Å². The minimum Gasteiger partial charge on any atom is -0.378 e. The molecule has 2 rings (SSSR count). The third kappa shape index (κ3) is 5.61. The molecular weight excluding hydrogens is 252 g/mol. The molecule has 0 radical (unpaired) electrons. The quantitative estimate of drug-likeness (QED) is 0.781. The lowest BCUT2D eigenvalue weighted by atomic mass is 9.98. The fourth-order valence-electron chi connectivity index (χ4n) is 2.45. The SMILES string of the molecule is O=C(NCCCOC1CCCCC1)Nc1ccccc1. The summed E-state index contributed by atoms with van der Waals surface area (Å²) in [7, 11) is 0. The molecule has 1 saturated carbocycles. The molecule has 1 aliphatic carbocycles. The highest BCUT2D eigenvalue weighted by molar-refractivity contribution is 5.89. The number of amides is 2. The van der Waals surface area contributed by atoms with E-state index < -0.39 is 0 Å². The van der Waals surface area contributed by atoms with E-state index in [1.54, 1.807) is 0 Å². The molecule has 1 aliphatic rings. The molecule has 0 aromatic heterocycles. The molecule has 4 nitrogen and oxygen atoms in total. The Kier molecular flexibility index (Phi) is 6.38. The van der Waals surface area contributed by atoms with Crippen LogP contribution in [0, 0.1) is 0 Å². The number of rotatable bonds is 6. The smallest absolute Gasteiger partial charge is 0.319 e. The van der Waals surface area contributed by atoms with E-state index in [-0.39, 0.29) is 6.03 Å². The number of anilines is 1. The van der Waals surface area contributed by atoms with Gasteiger partial charge in [0.15, 0.2) is 0 Å². The van der Waals surface area contributed by atoms with Crippen molar-refractivity contribution in [3.05, 3.63) is 30.3 Å². The molecule has 0 aliphatic heterocycles. The summed E-state index contributed by atoms with van der Waals surface area (Å²) in [5.41, 5.74) is 0.809. The third-order valence-electron chi connectivity index (χ3n) is 3.54. The fourth-order valence-corrected chi connectivity index (χ4v) is 2.45. The van der Waals surface area contributed by atoms with Gasteiger partial charge in [-0.1, -0.05) is 37.5 Å². The van der Waals surface area contributed by atoms with E-state index in [4.69, 9.17) is 4.74 Å². The Hall–Kier alpha value is -1.55. The first kappa shape index (κ1) is 14.9. The van der Waals surface area contributed by atoms with Gasteiger partial charge in [-0.25, -0.2) is 4.79 Å². The topological polar surface area (TPSA) is 50.4 Å². The van der Waals surface area contributed by atoms with Crippen molar-refractivity contribution in [2.75, 3.05) is 18.5 Å². The van der Waals surface area contributed by atoms with Gasteiger partial charge in [-0.15, -0.1) is 0 Å². The molecule has 2 N–H and O–H groups in total. The average Bonchev–Trinajstić information content (AvgIpc) is 2.49. The first-order valence-corrected chi connectivity index (χ1v) is 7.56. The largest absolute Gasteiger partial charge is 0.378 e. The van der Waals surface area contributed by atoms with Crippen LogP contribution in [-0.2, 0) is 4.74 Å². The summed E-state index contributed by atoms with van der Waals surface area (Å²) in [6, 6.07) is 9.29. The minimum absolute atomic E-state index is 0.158. The molecule has 0 atom stereocenters. The summed E-state index contributed by atoms with van der Waals surface area (Å²) < 4.78 is 5.81. The highest BCUT2D eigenvalue weighted by Crippen LogP contribution is 2.20. The van der Waals surface area contributed by atoms with Crippen LogP contribution >= 0.6 is 0 Å². The Labute approximate surface area is 120 Å². The molecule has 2 amide bonds. The van der Waals surface area contributed by atoms with Gasteiger partial charge in [0.25, 0.3) is 0 Å². The number of carbonyl (C=O) groups excluding carboxylic acids is 1. The van der Waals surface area contributed by atoms with Crippen LogP contribution in [0.5, 0.6) is 0 Å². The van der Waals surface area contributed by atoms with Crippen LogP contribution in [0.25, 0.3) is 0 Å². The molecule has 4 heteroatoms. The summed E-state index contributed by atoms with van der Waals surface area (Å²) in [4.78, 5) is 11.6. The number of urea groups is 1. The number of nitrogens with one attached hydrogen (secondary N) is 2. The molecule has 20 heavy (non-hydrogen) atoms. The van der Waals surface area contributed by atoms with Crippen LogP contribution in [0.3, 0.4) is 0 Å². The maximum absolute atomic E-state index is 11.6. The standard InChI is InChI=1S/C16H24N2O2/c19-16(18-14-8-3-1-4-9-14)17-12-7-13-20-15-10-5-2-6-11-15/h1,3-4,8-9,15H,2,5-7,10-13H2,(H2,17,18,19). The normalized spacial score (nSPS) is 15.8. The van der Waals surface area contributed by atoms with Crippen LogP contribution in [0.1, 0.15) is 38.5 Å². The van der Waals surface area contributed by atoms with Crippen LogP contribution in [0.2, 0.25) is 0 Å². The summed E-state index contributed by atoms with van der Waals surface area (Å²) in [6.07, 6.45) is 7.64. The molecule has 0 heterocycles. The second-order valence-electron chi connectivity index (χ2n) is 5.23. The highest BCUT2D eigenvalue weighted by Gasteiger charge is 2.12. The number of hydrogen-bond acceptors (Lipinski definition) is 2. The van der Waals surface area contributed by atoms with Crippen molar-refractivity contribution in [3.63, 3.8) is 0 Å². The van der Waals surface area contributed by atoms with E-state index in [0.29, 0.717) is 12.6 Å². The zero-order valence-corrected chi connectivity index (χ0v) is 11.9. The van der Waals surface area contributed by atoms with Gasteiger partial charge in [-0.2, -0.15) is 0 Å².